The van der Waals surface area contributed by atoms with Gasteiger partial charge < -0.3 is 9.32 Å². The van der Waals surface area contributed by atoms with Crippen molar-refractivity contribution in [2.75, 3.05) is 13.1 Å². The van der Waals surface area contributed by atoms with Crippen LogP contribution in [0.25, 0.3) is 11.6 Å². The van der Waals surface area contributed by atoms with Crippen molar-refractivity contribution in [1.29, 1.82) is 0 Å². The molecule has 1 aliphatic rings. The van der Waals surface area contributed by atoms with Crippen molar-refractivity contribution in [2.24, 2.45) is 5.92 Å². The fourth-order valence-corrected chi connectivity index (χ4v) is 2.74. The van der Waals surface area contributed by atoms with E-state index in [1.165, 1.54) is 6.42 Å². The summed E-state index contributed by atoms with van der Waals surface area (Å²) in [6.07, 6.45) is 4.87. The van der Waals surface area contributed by atoms with Crippen LogP contribution in [0.4, 0.5) is 0 Å². The summed E-state index contributed by atoms with van der Waals surface area (Å²) in [4.78, 5) is 18.3. The van der Waals surface area contributed by atoms with Crippen LogP contribution in [-0.4, -0.2) is 39.1 Å². The number of aryl methyl sites for hydroxylation is 1. The van der Waals surface area contributed by atoms with Gasteiger partial charge in [-0.3, -0.25) is 9.78 Å². The number of carbonyl (C=O) groups is 1. The number of nitrogens with zero attached hydrogens (tertiary/aromatic N) is 4. The standard InChI is InChI=1S/C16H20N4O2/c1-12-5-4-10-20(11-12)15(21)8-7-14-18-19-16(22-14)13-6-2-3-9-17-13/h2-3,6,9,12H,4-5,7-8,10-11H2,1H3. The minimum absolute atomic E-state index is 0.170. The van der Waals surface area contributed by atoms with Crippen molar-refractivity contribution in [1.82, 2.24) is 20.1 Å². The van der Waals surface area contributed by atoms with Crippen LogP contribution in [0.1, 0.15) is 32.1 Å². The van der Waals surface area contributed by atoms with Crippen LogP contribution in [-0.2, 0) is 11.2 Å². The van der Waals surface area contributed by atoms with Crippen molar-refractivity contribution in [3.05, 3.63) is 30.3 Å². The predicted octanol–water partition coefficient (Wildman–Crippen LogP) is 2.32. The maximum absolute atomic E-state index is 12.2. The maximum atomic E-state index is 12.2. The first kappa shape index (κ1) is 14.7. The lowest BCUT2D eigenvalue weighted by Gasteiger charge is -2.30. The molecule has 1 aliphatic heterocycles. The Balaban J connectivity index is 1.56. The molecule has 6 nitrogen and oxygen atoms in total. The average molecular weight is 300 g/mol. The van der Waals surface area contributed by atoms with E-state index >= 15 is 0 Å². The Kier molecular flexibility index (Phi) is 4.46. The summed E-state index contributed by atoms with van der Waals surface area (Å²) in [6, 6.07) is 5.52. The first-order valence-corrected chi connectivity index (χ1v) is 7.74. The van der Waals surface area contributed by atoms with Crippen molar-refractivity contribution in [2.45, 2.75) is 32.6 Å². The van der Waals surface area contributed by atoms with Gasteiger partial charge in [-0.25, -0.2) is 0 Å². The smallest absolute Gasteiger partial charge is 0.266 e. The molecule has 1 atom stereocenters. The molecule has 1 fully saturated rings. The average Bonchev–Trinajstić information content (AvgIpc) is 3.02. The topological polar surface area (TPSA) is 72.1 Å². The van der Waals surface area contributed by atoms with Gasteiger partial charge in [-0.05, 0) is 30.9 Å². The van der Waals surface area contributed by atoms with E-state index in [4.69, 9.17) is 4.42 Å². The van der Waals surface area contributed by atoms with Gasteiger partial charge in [0.1, 0.15) is 5.69 Å². The van der Waals surface area contributed by atoms with Gasteiger partial charge in [0.2, 0.25) is 11.8 Å². The third kappa shape index (κ3) is 3.50. The predicted molar refractivity (Wildman–Crippen MR) is 80.8 cm³/mol. The second-order valence-corrected chi connectivity index (χ2v) is 5.80. The molecule has 2 aromatic rings. The minimum atomic E-state index is 0.170. The Morgan fingerprint density at radius 3 is 3.09 bits per heavy atom. The zero-order valence-corrected chi connectivity index (χ0v) is 12.7. The molecule has 0 bridgehead atoms. The molecule has 3 heterocycles. The number of likely N-dealkylation sites (tertiary alicyclic amines) is 1. The quantitative estimate of drug-likeness (QED) is 0.866. The Bertz CT molecular complexity index is 626. The molecule has 116 valence electrons. The lowest BCUT2D eigenvalue weighted by atomic mass is 10.00. The highest BCUT2D eigenvalue weighted by Crippen LogP contribution is 2.18. The Morgan fingerprint density at radius 2 is 2.32 bits per heavy atom. The summed E-state index contributed by atoms with van der Waals surface area (Å²) in [7, 11) is 0. The highest BCUT2D eigenvalue weighted by atomic mass is 16.4. The molecule has 0 saturated carbocycles. The molecule has 1 saturated heterocycles. The van der Waals surface area contributed by atoms with Gasteiger partial charge in [0, 0.05) is 32.1 Å². The van der Waals surface area contributed by atoms with Gasteiger partial charge in [0.05, 0.1) is 0 Å². The molecule has 1 unspecified atom stereocenters. The molecule has 1 amide bonds. The van der Waals surface area contributed by atoms with Crippen molar-refractivity contribution in [3.63, 3.8) is 0 Å². The van der Waals surface area contributed by atoms with E-state index in [0.717, 1.165) is 19.5 Å². The molecular formula is C16H20N4O2. The van der Waals surface area contributed by atoms with Crippen LogP contribution >= 0.6 is 0 Å². The number of piperidine rings is 1. The molecule has 0 N–H and O–H groups in total. The number of aromatic nitrogens is 3. The monoisotopic (exact) mass is 300 g/mol. The van der Waals surface area contributed by atoms with Gasteiger partial charge in [-0.15, -0.1) is 10.2 Å². The molecule has 0 spiro atoms. The molecule has 3 rings (SSSR count). The summed E-state index contributed by atoms with van der Waals surface area (Å²) in [5.41, 5.74) is 0.650. The lowest BCUT2D eigenvalue weighted by molar-refractivity contribution is -0.132. The van der Waals surface area contributed by atoms with E-state index in [1.807, 2.05) is 23.1 Å². The van der Waals surface area contributed by atoms with Crippen LogP contribution in [0.15, 0.2) is 28.8 Å². The number of rotatable bonds is 4. The molecule has 6 heteroatoms. The number of amides is 1. The summed E-state index contributed by atoms with van der Waals surface area (Å²) < 4.78 is 5.57. The SMILES string of the molecule is CC1CCCN(C(=O)CCc2nnc(-c3ccccn3)o2)C1. The third-order valence-corrected chi connectivity index (χ3v) is 3.91. The van der Waals surface area contributed by atoms with Crippen molar-refractivity contribution in [3.8, 4) is 11.6 Å². The first-order valence-electron chi connectivity index (χ1n) is 7.74. The van der Waals surface area contributed by atoms with Crippen LogP contribution in [0.5, 0.6) is 0 Å². The third-order valence-electron chi connectivity index (χ3n) is 3.91. The summed E-state index contributed by atoms with van der Waals surface area (Å²) in [6.45, 7) is 3.92. The first-order chi connectivity index (χ1) is 10.7. The van der Waals surface area contributed by atoms with Gasteiger partial charge in [-0.1, -0.05) is 13.0 Å². The Hall–Kier alpha value is -2.24. The number of carbonyl (C=O) groups excluding carboxylic acids is 1. The van der Waals surface area contributed by atoms with E-state index in [-0.39, 0.29) is 5.91 Å². The number of pyridine rings is 1. The molecule has 22 heavy (non-hydrogen) atoms. The largest absolute Gasteiger partial charge is 0.419 e. The second-order valence-electron chi connectivity index (χ2n) is 5.80. The normalized spacial score (nSPS) is 18.4. The maximum Gasteiger partial charge on any atom is 0.266 e. The summed E-state index contributed by atoms with van der Waals surface area (Å²) in [5.74, 6) is 1.65. The van der Waals surface area contributed by atoms with Crippen molar-refractivity contribution < 1.29 is 9.21 Å². The van der Waals surface area contributed by atoms with Gasteiger partial charge >= 0.3 is 0 Å². The molecule has 2 aromatic heterocycles. The lowest BCUT2D eigenvalue weighted by Crippen LogP contribution is -2.39. The fourth-order valence-electron chi connectivity index (χ4n) is 2.74. The highest BCUT2D eigenvalue weighted by molar-refractivity contribution is 5.76. The highest BCUT2D eigenvalue weighted by Gasteiger charge is 2.21. The number of hydrogen-bond donors (Lipinski definition) is 0. The Labute approximate surface area is 129 Å². The summed E-state index contributed by atoms with van der Waals surface area (Å²) in [5, 5.41) is 7.98. The van der Waals surface area contributed by atoms with Crippen LogP contribution in [0.3, 0.4) is 0 Å². The zero-order valence-electron chi connectivity index (χ0n) is 12.7. The van der Waals surface area contributed by atoms with Crippen LogP contribution < -0.4 is 0 Å². The zero-order chi connectivity index (χ0) is 15.4. The van der Waals surface area contributed by atoms with Gasteiger partial charge in [-0.2, -0.15) is 0 Å². The Morgan fingerprint density at radius 1 is 1.41 bits per heavy atom. The van der Waals surface area contributed by atoms with E-state index in [1.54, 1.807) is 6.20 Å². The molecular weight excluding hydrogens is 280 g/mol. The molecule has 0 aliphatic carbocycles. The van der Waals surface area contributed by atoms with Crippen LogP contribution in [0.2, 0.25) is 0 Å². The summed E-state index contributed by atoms with van der Waals surface area (Å²) >= 11 is 0. The molecule has 0 aromatic carbocycles. The second kappa shape index (κ2) is 6.68. The van der Waals surface area contributed by atoms with E-state index in [0.29, 0.717) is 36.2 Å². The number of hydrogen-bond acceptors (Lipinski definition) is 5. The van der Waals surface area contributed by atoms with Gasteiger partial charge in [0.15, 0.2) is 0 Å². The van der Waals surface area contributed by atoms with E-state index in [2.05, 4.69) is 22.1 Å². The van der Waals surface area contributed by atoms with Gasteiger partial charge in [0.25, 0.3) is 5.89 Å². The van der Waals surface area contributed by atoms with Crippen molar-refractivity contribution >= 4 is 5.91 Å². The minimum Gasteiger partial charge on any atom is -0.419 e. The fraction of sp³-hybridized carbons (Fsp3) is 0.500. The van der Waals surface area contributed by atoms with E-state index < -0.39 is 0 Å². The van der Waals surface area contributed by atoms with E-state index in [9.17, 15) is 4.79 Å². The molecule has 0 radical (unpaired) electrons. The van der Waals surface area contributed by atoms with Crippen LogP contribution in [0, 0.1) is 5.92 Å².